The van der Waals surface area contributed by atoms with Crippen LogP contribution in [0.5, 0.6) is 0 Å². The molecule has 0 amide bonds. The van der Waals surface area contributed by atoms with E-state index in [1.807, 2.05) is 0 Å². The monoisotopic (exact) mass is 238 g/mol. The lowest BCUT2D eigenvalue weighted by Gasteiger charge is -2.27. The molecule has 0 aromatic heterocycles. The molecule has 1 fully saturated rings. The van der Waals surface area contributed by atoms with Gasteiger partial charge in [-0.25, -0.2) is 0 Å². The molecule has 0 spiro atoms. The zero-order valence-corrected chi connectivity index (χ0v) is 10.1. The second-order valence-corrected chi connectivity index (χ2v) is 4.66. The van der Waals surface area contributed by atoms with Gasteiger partial charge in [0.25, 0.3) is 0 Å². The Balaban J connectivity index is 2.19. The zero-order chi connectivity index (χ0) is 12.3. The van der Waals surface area contributed by atoms with Crippen molar-refractivity contribution in [2.24, 2.45) is 11.8 Å². The van der Waals surface area contributed by atoms with Crippen molar-refractivity contribution >= 4 is 11.9 Å². The molecule has 4 nitrogen and oxygen atoms in total. The highest BCUT2D eigenvalue weighted by atomic mass is 16.5. The van der Waals surface area contributed by atoms with Crippen LogP contribution < -0.4 is 0 Å². The van der Waals surface area contributed by atoms with Gasteiger partial charge in [0.15, 0.2) is 0 Å². The molecule has 2 rings (SSSR count). The van der Waals surface area contributed by atoms with E-state index in [1.54, 1.807) is 0 Å². The first-order valence-corrected chi connectivity index (χ1v) is 6.14. The molecule has 0 radical (unpaired) electrons. The van der Waals surface area contributed by atoms with Gasteiger partial charge in [0.1, 0.15) is 0 Å². The quantitative estimate of drug-likeness (QED) is 0.516. The standard InChI is InChI=1S/C13H18O4/c1-16-12(14)10-6-5-9-4-2-3-7-17-13(15)11(10)8-9/h5,10-11H,2-4,6-8H2,1H3/t10-,11-/m0/s1. The zero-order valence-electron chi connectivity index (χ0n) is 10.1. The predicted molar refractivity (Wildman–Crippen MR) is 61.1 cm³/mol. The lowest BCUT2D eigenvalue weighted by Crippen LogP contribution is -2.34. The van der Waals surface area contributed by atoms with E-state index in [-0.39, 0.29) is 23.8 Å². The number of hydrogen-bond donors (Lipinski definition) is 0. The highest BCUT2D eigenvalue weighted by Crippen LogP contribution is 2.34. The van der Waals surface area contributed by atoms with Gasteiger partial charge in [-0.2, -0.15) is 0 Å². The number of hydrogen-bond acceptors (Lipinski definition) is 4. The number of ether oxygens (including phenoxy) is 2. The van der Waals surface area contributed by atoms with Crippen LogP contribution in [0.4, 0.5) is 0 Å². The summed E-state index contributed by atoms with van der Waals surface area (Å²) in [6.07, 6.45) is 6.31. The first-order chi connectivity index (χ1) is 8.22. The molecule has 4 heteroatoms. The summed E-state index contributed by atoms with van der Waals surface area (Å²) in [5, 5.41) is 0. The van der Waals surface area contributed by atoms with Crippen molar-refractivity contribution in [3.05, 3.63) is 11.6 Å². The van der Waals surface area contributed by atoms with E-state index >= 15 is 0 Å². The molecule has 0 aromatic carbocycles. The van der Waals surface area contributed by atoms with Crippen molar-refractivity contribution in [2.45, 2.75) is 32.1 Å². The molecule has 0 N–H and O–H groups in total. The molecule has 1 heterocycles. The first kappa shape index (κ1) is 12.1. The number of cyclic esters (lactones) is 1. The highest BCUT2D eigenvalue weighted by Gasteiger charge is 2.38. The summed E-state index contributed by atoms with van der Waals surface area (Å²) in [6, 6.07) is 0. The van der Waals surface area contributed by atoms with Crippen molar-refractivity contribution in [1.82, 2.24) is 0 Å². The summed E-state index contributed by atoms with van der Waals surface area (Å²) in [4.78, 5) is 23.5. The SMILES string of the molecule is COC(=O)[C@H]1CC=C2CCCCOC(=O)[C@H]1C2. The summed E-state index contributed by atoms with van der Waals surface area (Å²) in [7, 11) is 1.36. The Morgan fingerprint density at radius 1 is 1.47 bits per heavy atom. The molecule has 2 bridgehead atoms. The third kappa shape index (κ3) is 2.68. The minimum absolute atomic E-state index is 0.243. The number of carbonyl (C=O) groups excluding carboxylic acids is 2. The van der Waals surface area contributed by atoms with Crippen molar-refractivity contribution in [3.8, 4) is 0 Å². The van der Waals surface area contributed by atoms with Crippen molar-refractivity contribution in [3.63, 3.8) is 0 Å². The van der Waals surface area contributed by atoms with E-state index in [0.29, 0.717) is 19.4 Å². The molecule has 1 aliphatic heterocycles. The molecule has 0 unspecified atom stereocenters. The van der Waals surface area contributed by atoms with Crippen LogP contribution in [0, 0.1) is 11.8 Å². The van der Waals surface area contributed by atoms with Gasteiger partial charge in [-0.15, -0.1) is 0 Å². The normalized spacial score (nSPS) is 29.2. The van der Waals surface area contributed by atoms with Crippen LogP contribution in [0.3, 0.4) is 0 Å². The molecule has 94 valence electrons. The van der Waals surface area contributed by atoms with Crippen LogP contribution in [0.25, 0.3) is 0 Å². The minimum atomic E-state index is -0.366. The molecule has 1 aliphatic carbocycles. The molecule has 0 aromatic rings. The van der Waals surface area contributed by atoms with Gasteiger partial charge in [0.2, 0.25) is 0 Å². The number of methoxy groups -OCH3 is 1. The summed E-state index contributed by atoms with van der Waals surface area (Å²) in [5.41, 5.74) is 1.29. The van der Waals surface area contributed by atoms with E-state index in [9.17, 15) is 9.59 Å². The Labute approximate surface area is 101 Å². The minimum Gasteiger partial charge on any atom is -0.469 e. The van der Waals surface area contributed by atoms with Crippen LogP contribution in [0.2, 0.25) is 0 Å². The van der Waals surface area contributed by atoms with Crippen LogP contribution in [0.15, 0.2) is 11.6 Å². The molecular formula is C13H18O4. The Morgan fingerprint density at radius 3 is 3.06 bits per heavy atom. The van der Waals surface area contributed by atoms with Gasteiger partial charge in [-0.1, -0.05) is 11.6 Å². The van der Waals surface area contributed by atoms with Gasteiger partial charge in [0.05, 0.1) is 25.6 Å². The average Bonchev–Trinajstić information content (AvgIpc) is 2.42. The summed E-state index contributed by atoms with van der Waals surface area (Å²) < 4.78 is 9.96. The van der Waals surface area contributed by atoms with Gasteiger partial charge >= 0.3 is 11.9 Å². The van der Waals surface area contributed by atoms with E-state index in [4.69, 9.17) is 9.47 Å². The van der Waals surface area contributed by atoms with Crippen LogP contribution in [-0.4, -0.2) is 25.7 Å². The molecule has 0 saturated carbocycles. The number of rotatable bonds is 1. The number of esters is 2. The molecule has 2 atom stereocenters. The van der Waals surface area contributed by atoms with Gasteiger partial charge in [0, 0.05) is 0 Å². The maximum atomic E-state index is 11.9. The number of allylic oxidation sites excluding steroid dienone is 2. The van der Waals surface area contributed by atoms with Gasteiger partial charge in [-0.05, 0) is 32.1 Å². The second kappa shape index (κ2) is 5.34. The maximum absolute atomic E-state index is 11.9. The van der Waals surface area contributed by atoms with Crippen molar-refractivity contribution < 1.29 is 19.1 Å². The largest absolute Gasteiger partial charge is 0.469 e. The van der Waals surface area contributed by atoms with Crippen LogP contribution in [-0.2, 0) is 19.1 Å². The van der Waals surface area contributed by atoms with Gasteiger partial charge in [-0.3, -0.25) is 9.59 Å². The highest BCUT2D eigenvalue weighted by molar-refractivity contribution is 5.83. The maximum Gasteiger partial charge on any atom is 0.310 e. The number of carbonyl (C=O) groups is 2. The second-order valence-electron chi connectivity index (χ2n) is 4.66. The summed E-state index contributed by atoms with van der Waals surface area (Å²) in [5.74, 6) is -1.26. The topological polar surface area (TPSA) is 52.6 Å². The summed E-state index contributed by atoms with van der Waals surface area (Å²) in [6.45, 7) is 0.469. The molecule has 17 heavy (non-hydrogen) atoms. The lowest BCUT2D eigenvalue weighted by atomic mass is 9.78. The Morgan fingerprint density at radius 2 is 2.29 bits per heavy atom. The lowest BCUT2D eigenvalue weighted by molar-refractivity contribution is -0.159. The van der Waals surface area contributed by atoms with E-state index in [0.717, 1.165) is 19.3 Å². The van der Waals surface area contributed by atoms with E-state index < -0.39 is 0 Å². The van der Waals surface area contributed by atoms with Crippen molar-refractivity contribution in [2.75, 3.05) is 13.7 Å². The summed E-state index contributed by atoms with van der Waals surface area (Å²) >= 11 is 0. The first-order valence-electron chi connectivity index (χ1n) is 6.14. The molecule has 2 aliphatic rings. The fourth-order valence-corrected chi connectivity index (χ4v) is 2.56. The predicted octanol–water partition coefficient (Wildman–Crippen LogP) is 1.84. The van der Waals surface area contributed by atoms with E-state index in [2.05, 4.69) is 6.08 Å². The Kier molecular flexibility index (Phi) is 3.82. The Hall–Kier alpha value is -1.32. The Bertz CT molecular complexity index is 345. The fourth-order valence-electron chi connectivity index (χ4n) is 2.56. The van der Waals surface area contributed by atoms with Gasteiger partial charge < -0.3 is 9.47 Å². The third-order valence-electron chi connectivity index (χ3n) is 3.57. The average molecular weight is 238 g/mol. The van der Waals surface area contributed by atoms with Crippen LogP contribution in [0.1, 0.15) is 32.1 Å². The number of fused-ring (bicyclic) bond motifs is 2. The van der Waals surface area contributed by atoms with E-state index in [1.165, 1.54) is 12.7 Å². The smallest absolute Gasteiger partial charge is 0.310 e. The molecule has 1 saturated heterocycles. The fraction of sp³-hybridized carbons (Fsp3) is 0.692. The third-order valence-corrected chi connectivity index (χ3v) is 3.57. The van der Waals surface area contributed by atoms with Crippen LogP contribution >= 0.6 is 0 Å². The molecular weight excluding hydrogens is 220 g/mol. The van der Waals surface area contributed by atoms with Crippen molar-refractivity contribution in [1.29, 1.82) is 0 Å².